The summed E-state index contributed by atoms with van der Waals surface area (Å²) in [4.78, 5) is 36.6. The molecule has 1 aliphatic heterocycles. The van der Waals surface area contributed by atoms with Crippen LogP contribution < -0.4 is 5.73 Å². The molecule has 0 bridgehead atoms. The van der Waals surface area contributed by atoms with Crippen molar-refractivity contribution < 1.29 is 23.8 Å². The van der Waals surface area contributed by atoms with Crippen LogP contribution in [0.3, 0.4) is 0 Å². The molecule has 12 heteroatoms. The van der Waals surface area contributed by atoms with Gasteiger partial charge in [-0.25, -0.2) is 14.6 Å². The van der Waals surface area contributed by atoms with Gasteiger partial charge in [0.15, 0.2) is 23.1 Å². The number of halogens is 2. The molecule has 0 amide bonds. The third-order valence-corrected chi connectivity index (χ3v) is 6.63. The maximum atomic E-state index is 13.0. The van der Waals surface area contributed by atoms with Crippen molar-refractivity contribution in [3.05, 3.63) is 83.3 Å². The van der Waals surface area contributed by atoms with Gasteiger partial charge in [-0.2, -0.15) is 9.97 Å². The van der Waals surface area contributed by atoms with Crippen LogP contribution in [-0.4, -0.2) is 55.1 Å². The van der Waals surface area contributed by atoms with Crippen molar-refractivity contribution in [2.24, 2.45) is 0 Å². The van der Waals surface area contributed by atoms with E-state index in [1.54, 1.807) is 67.6 Å². The molecular weight excluding hydrogens is 521 g/mol. The monoisotopic (exact) mass is 541 g/mol. The van der Waals surface area contributed by atoms with Crippen LogP contribution in [0, 0.1) is 0 Å². The summed E-state index contributed by atoms with van der Waals surface area (Å²) in [7, 11) is 0. The van der Waals surface area contributed by atoms with Crippen LogP contribution in [0.5, 0.6) is 0 Å². The molecule has 0 aliphatic carbocycles. The van der Waals surface area contributed by atoms with Gasteiger partial charge in [-0.05, 0) is 31.2 Å². The number of ether oxygens (including phenoxy) is 3. The first-order valence-corrected chi connectivity index (χ1v) is 12.0. The normalized spacial score (nSPS) is 23.2. The Morgan fingerprint density at radius 2 is 1.68 bits per heavy atom. The number of alkyl halides is 1. The highest BCUT2D eigenvalue weighted by molar-refractivity contribution is 6.33. The van der Waals surface area contributed by atoms with Crippen molar-refractivity contribution in [2.75, 3.05) is 12.3 Å². The standard InChI is InChI=1S/C25H21Cl2N5O5/c1-25(27)18(37-22(34)15-10-6-3-7-11-15)16(12-35-21(33)14-8-4-2-5-9-14)36-23(25)32-13-29-17-19(26)30-24(28)31-20(17)32/h2-11,13,16,18,23H,12H2,1H3,(H2,28,30,31). The smallest absolute Gasteiger partial charge is 0.338 e. The number of fused-ring (bicyclic) bond motifs is 1. The minimum atomic E-state index is -1.34. The fraction of sp³-hybridized carbons (Fsp3) is 0.240. The van der Waals surface area contributed by atoms with Crippen LogP contribution in [0.15, 0.2) is 67.0 Å². The molecule has 0 saturated carbocycles. The number of imidazole rings is 1. The van der Waals surface area contributed by atoms with Gasteiger partial charge in [-0.15, -0.1) is 11.6 Å². The molecule has 0 radical (unpaired) electrons. The van der Waals surface area contributed by atoms with Crippen LogP contribution in [0.1, 0.15) is 33.9 Å². The number of carbonyl (C=O) groups excluding carboxylic acids is 2. The molecule has 1 aliphatic rings. The molecule has 10 nitrogen and oxygen atoms in total. The lowest BCUT2D eigenvalue weighted by Gasteiger charge is -2.29. The Hall–Kier alpha value is -3.73. The molecule has 0 spiro atoms. The van der Waals surface area contributed by atoms with E-state index >= 15 is 0 Å². The average molecular weight is 542 g/mol. The number of carbonyl (C=O) groups is 2. The van der Waals surface area contributed by atoms with E-state index in [2.05, 4.69) is 15.0 Å². The number of nitrogen functional groups attached to an aromatic ring is 1. The molecule has 5 rings (SSSR count). The van der Waals surface area contributed by atoms with Crippen LogP contribution in [0.25, 0.3) is 11.2 Å². The van der Waals surface area contributed by atoms with E-state index in [9.17, 15) is 9.59 Å². The number of anilines is 1. The number of esters is 2. The van der Waals surface area contributed by atoms with Gasteiger partial charge in [0.1, 0.15) is 23.1 Å². The lowest BCUT2D eigenvalue weighted by Crippen LogP contribution is -2.43. The first kappa shape index (κ1) is 24.9. The highest BCUT2D eigenvalue weighted by atomic mass is 35.5. The van der Waals surface area contributed by atoms with Crippen molar-refractivity contribution in [3.63, 3.8) is 0 Å². The van der Waals surface area contributed by atoms with Crippen molar-refractivity contribution in [2.45, 2.75) is 30.2 Å². The fourth-order valence-electron chi connectivity index (χ4n) is 4.17. The van der Waals surface area contributed by atoms with Gasteiger partial charge in [0.2, 0.25) is 5.95 Å². The molecule has 2 aromatic heterocycles. The Morgan fingerprint density at radius 1 is 1.05 bits per heavy atom. The van der Waals surface area contributed by atoms with E-state index in [4.69, 9.17) is 43.1 Å². The molecule has 3 heterocycles. The highest BCUT2D eigenvalue weighted by Gasteiger charge is 2.57. The predicted octanol–water partition coefficient (Wildman–Crippen LogP) is 4.04. The molecule has 37 heavy (non-hydrogen) atoms. The van der Waals surface area contributed by atoms with Gasteiger partial charge in [0, 0.05) is 0 Å². The number of aromatic nitrogens is 4. The van der Waals surface area contributed by atoms with Crippen molar-refractivity contribution in [3.8, 4) is 0 Å². The predicted molar refractivity (Wildman–Crippen MR) is 135 cm³/mol. The number of nitrogens with zero attached hydrogens (tertiary/aromatic N) is 4. The van der Waals surface area contributed by atoms with E-state index in [0.717, 1.165) is 0 Å². The van der Waals surface area contributed by atoms with E-state index in [0.29, 0.717) is 16.6 Å². The zero-order chi connectivity index (χ0) is 26.2. The van der Waals surface area contributed by atoms with Crippen molar-refractivity contribution >= 4 is 52.3 Å². The number of nitrogens with two attached hydrogens (primary N) is 1. The summed E-state index contributed by atoms with van der Waals surface area (Å²) >= 11 is 13.2. The molecular formula is C25H21Cl2N5O5. The Kier molecular flexibility index (Phi) is 6.72. The van der Waals surface area contributed by atoms with Gasteiger partial charge < -0.3 is 19.9 Å². The molecule has 2 N–H and O–H groups in total. The fourth-order valence-corrected chi connectivity index (χ4v) is 4.73. The minimum absolute atomic E-state index is 0.0612. The zero-order valence-electron chi connectivity index (χ0n) is 19.5. The topological polar surface area (TPSA) is 131 Å². The van der Waals surface area contributed by atoms with Gasteiger partial charge in [0.25, 0.3) is 0 Å². The summed E-state index contributed by atoms with van der Waals surface area (Å²) in [6, 6.07) is 17.0. The van der Waals surface area contributed by atoms with Gasteiger partial charge in [-0.3, -0.25) is 4.57 Å². The summed E-state index contributed by atoms with van der Waals surface area (Å²) in [5, 5.41) is 0.0657. The van der Waals surface area contributed by atoms with Crippen LogP contribution in [0.2, 0.25) is 5.15 Å². The number of benzene rings is 2. The Labute approximate surface area is 221 Å². The Bertz CT molecular complexity index is 1450. The second-order valence-corrected chi connectivity index (χ2v) is 9.70. The Balaban J connectivity index is 1.47. The quantitative estimate of drug-likeness (QED) is 0.218. The molecule has 4 unspecified atom stereocenters. The first-order valence-electron chi connectivity index (χ1n) is 11.2. The molecule has 2 aromatic carbocycles. The molecule has 4 atom stereocenters. The number of rotatable bonds is 6. The number of hydrogen-bond donors (Lipinski definition) is 1. The summed E-state index contributed by atoms with van der Waals surface area (Å²) in [5.74, 6) is -1.22. The lowest BCUT2D eigenvalue weighted by molar-refractivity contribution is -0.0565. The third-order valence-electron chi connectivity index (χ3n) is 5.96. The van der Waals surface area contributed by atoms with Gasteiger partial charge in [-0.1, -0.05) is 48.0 Å². The van der Waals surface area contributed by atoms with Crippen LogP contribution >= 0.6 is 23.2 Å². The average Bonchev–Trinajstić information content (AvgIpc) is 3.41. The van der Waals surface area contributed by atoms with Gasteiger partial charge in [0.05, 0.1) is 17.5 Å². The lowest BCUT2D eigenvalue weighted by atomic mass is 10.0. The summed E-state index contributed by atoms with van der Waals surface area (Å²) < 4.78 is 19.1. The zero-order valence-corrected chi connectivity index (χ0v) is 21.0. The molecule has 4 aromatic rings. The van der Waals surface area contributed by atoms with E-state index in [-0.39, 0.29) is 23.4 Å². The van der Waals surface area contributed by atoms with Crippen molar-refractivity contribution in [1.82, 2.24) is 19.5 Å². The summed E-state index contributed by atoms with van der Waals surface area (Å²) in [6.07, 6.45) is -1.45. The van der Waals surface area contributed by atoms with Crippen LogP contribution in [0.4, 0.5) is 5.95 Å². The maximum absolute atomic E-state index is 13.0. The second-order valence-electron chi connectivity index (χ2n) is 8.53. The molecule has 1 saturated heterocycles. The SMILES string of the molecule is CC1(Cl)C(OC(=O)c2ccccc2)C(COC(=O)c2ccccc2)OC1n1cnc2c(Cl)nc(N)nc21. The Morgan fingerprint density at radius 3 is 2.32 bits per heavy atom. The van der Waals surface area contributed by atoms with Crippen molar-refractivity contribution in [1.29, 1.82) is 0 Å². The number of hydrogen-bond acceptors (Lipinski definition) is 9. The van der Waals surface area contributed by atoms with Crippen LogP contribution in [-0.2, 0) is 14.2 Å². The van der Waals surface area contributed by atoms with E-state index in [1.165, 1.54) is 10.9 Å². The largest absolute Gasteiger partial charge is 0.459 e. The van der Waals surface area contributed by atoms with Gasteiger partial charge >= 0.3 is 11.9 Å². The highest BCUT2D eigenvalue weighted by Crippen LogP contribution is 2.46. The third kappa shape index (κ3) is 4.83. The molecule has 1 fully saturated rings. The summed E-state index contributed by atoms with van der Waals surface area (Å²) in [5.41, 5.74) is 7.07. The maximum Gasteiger partial charge on any atom is 0.338 e. The summed E-state index contributed by atoms with van der Waals surface area (Å²) in [6.45, 7) is 1.42. The minimum Gasteiger partial charge on any atom is -0.459 e. The van der Waals surface area contributed by atoms with E-state index < -0.39 is 35.2 Å². The first-order chi connectivity index (χ1) is 17.8. The molecule has 190 valence electrons. The van der Waals surface area contributed by atoms with E-state index in [1.807, 2.05) is 0 Å². The second kappa shape index (κ2) is 9.97.